The number of ether oxygens (including phenoxy) is 2. The molecule has 1 saturated carbocycles. The number of carbonyl (C=O) groups excluding carboxylic acids is 1. The normalized spacial score (nSPS) is 16.8. The van der Waals surface area contributed by atoms with Gasteiger partial charge in [-0.2, -0.15) is 0 Å². The number of benzene rings is 1. The zero-order valence-electron chi connectivity index (χ0n) is 13.0. The van der Waals surface area contributed by atoms with Crippen LogP contribution in [0.1, 0.15) is 37.8 Å². The number of hydrogen-bond acceptors (Lipinski definition) is 4. The fourth-order valence-electron chi connectivity index (χ4n) is 2.47. The monoisotopic (exact) mass is 306 g/mol. The lowest BCUT2D eigenvalue weighted by atomic mass is 9.86. The lowest BCUT2D eigenvalue weighted by molar-refractivity contribution is -0.154. The number of carboxylic acid groups (broad SMARTS) is 1. The van der Waals surface area contributed by atoms with Gasteiger partial charge < -0.3 is 14.6 Å². The number of hydrogen-bond donors (Lipinski definition) is 1. The van der Waals surface area contributed by atoms with Crippen LogP contribution >= 0.6 is 0 Å². The highest BCUT2D eigenvalue weighted by atomic mass is 16.5. The minimum atomic E-state index is -0.815. The first-order valence-electron chi connectivity index (χ1n) is 7.45. The van der Waals surface area contributed by atoms with E-state index in [1.54, 1.807) is 6.92 Å². The molecule has 5 nitrogen and oxygen atoms in total. The first kappa shape index (κ1) is 16.5. The molecule has 1 aromatic rings. The van der Waals surface area contributed by atoms with E-state index in [4.69, 9.17) is 9.47 Å². The highest BCUT2D eigenvalue weighted by Crippen LogP contribution is 2.46. The standard InChI is InChI=1S/C17H22O5/c1-12(18)22-10-14-6-4-3-5-13(14)9-21-11-17(2,16(19)20)15-7-8-15/h3-6,15H,7-11H2,1-2H3,(H,19,20). The van der Waals surface area contributed by atoms with Crippen molar-refractivity contribution in [1.29, 1.82) is 0 Å². The summed E-state index contributed by atoms with van der Waals surface area (Å²) in [7, 11) is 0. The smallest absolute Gasteiger partial charge is 0.311 e. The van der Waals surface area contributed by atoms with Gasteiger partial charge in [0.1, 0.15) is 6.61 Å². The summed E-state index contributed by atoms with van der Waals surface area (Å²) in [5.41, 5.74) is 0.971. The molecule has 0 amide bonds. The van der Waals surface area contributed by atoms with Crippen LogP contribution in [0.25, 0.3) is 0 Å². The van der Waals surface area contributed by atoms with E-state index in [1.165, 1.54) is 6.92 Å². The number of aliphatic carboxylic acids is 1. The molecule has 0 bridgehead atoms. The number of rotatable bonds is 8. The molecule has 5 heteroatoms. The summed E-state index contributed by atoms with van der Waals surface area (Å²) in [4.78, 5) is 22.4. The van der Waals surface area contributed by atoms with Crippen molar-refractivity contribution in [3.63, 3.8) is 0 Å². The van der Waals surface area contributed by atoms with Gasteiger partial charge >= 0.3 is 11.9 Å². The third kappa shape index (κ3) is 4.07. The van der Waals surface area contributed by atoms with Gasteiger partial charge in [0.2, 0.25) is 0 Å². The lowest BCUT2D eigenvalue weighted by Crippen LogP contribution is -2.35. The molecule has 1 unspecified atom stereocenters. The topological polar surface area (TPSA) is 72.8 Å². The Kier molecular flexibility index (Phi) is 5.19. The van der Waals surface area contributed by atoms with Crippen LogP contribution in [-0.2, 0) is 32.3 Å². The summed E-state index contributed by atoms with van der Waals surface area (Å²) in [6.07, 6.45) is 1.91. The van der Waals surface area contributed by atoms with Crippen molar-refractivity contribution in [2.75, 3.05) is 6.61 Å². The molecule has 1 aromatic carbocycles. The van der Waals surface area contributed by atoms with Crippen LogP contribution in [0.15, 0.2) is 24.3 Å². The van der Waals surface area contributed by atoms with Crippen LogP contribution in [0, 0.1) is 11.3 Å². The van der Waals surface area contributed by atoms with Gasteiger partial charge in [-0.3, -0.25) is 9.59 Å². The first-order valence-corrected chi connectivity index (χ1v) is 7.45. The Balaban J connectivity index is 1.93. The molecule has 0 aliphatic heterocycles. The second kappa shape index (κ2) is 6.92. The second-order valence-corrected chi connectivity index (χ2v) is 6.04. The van der Waals surface area contributed by atoms with Crippen molar-refractivity contribution in [2.45, 2.75) is 39.9 Å². The summed E-state index contributed by atoms with van der Waals surface area (Å²) in [6.45, 7) is 3.82. The summed E-state index contributed by atoms with van der Waals surface area (Å²) >= 11 is 0. The molecular weight excluding hydrogens is 284 g/mol. The Hall–Kier alpha value is -1.88. The molecule has 1 N–H and O–H groups in total. The predicted molar refractivity (Wildman–Crippen MR) is 80.0 cm³/mol. The summed E-state index contributed by atoms with van der Waals surface area (Å²) < 4.78 is 10.7. The first-order chi connectivity index (χ1) is 10.4. The van der Waals surface area contributed by atoms with Crippen LogP contribution in [0.3, 0.4) is 0 Å². The van der Waals surface area contributed by atoms with E-state index in [9.17, 15) is 14.7 Å². The van der Waals surface area contributed by atoms with Gasteiger partial charge in [0.15, 0.2) is 0 Å². The lowest BCUT2D eigenvalue weighted by Gasteiger charge is -2.24. The van der Waals surface area contributed by atoms with Crippen LogP contribution in [-0.4, -0.2) is 23.7 Å². The molecule has 0 spiro atoms. The molecule has 2 rings (SSSR count). The van der Waals surface area contributed by atoms with E-state index in [1.807, 2.05) is 24.3 Å². The largest absolute Gasteiger partial charge is 0.481 e. The summed E-state index contributed by atoms with van der Waals surface area (Å²) in [5.74, 6) is -0.924. The van der Waals surface area contributed by atoms with Crippen LogP contribution in [0.5, 0.6) is 0 Å². The summed E-state index contributed by atoms with van der Waals surface area (Å²) in [6, 6.07) is 7.52. The van der Waals surface area contributed by atoms with Gasteiger partial charge in [-0.15, -0.1) is 0 Å². The van der Waals surface area contributed by atoms with E-state index in [0.717, 1.165) is 24.0 Å². The van der Waals surface area contributed by atoms with Crippen molar-refractivity contribution in [2.24, 2.45) is 11.3 Å². The molecule has 1 atom stereocenters. The van der Waals surface area contributed by atoms with Crippen molar-refractivity contribution >= 4 is 11.9 Å². The minimum Gasteiger partial charge on any atom is -0.481 e. The van der Waals surface area contributed by atoms with Gasteiger partial charge in [0, 0.05) is 6.92 Å². The fourth-order valence-corrected chi connectivity index (χ4v) is 2.47. The maximum atomic E-state index is 11.5. The van der Waals surface area contributed by atoms with Gasteiger partial charge in [0.05, 0.1) is 18.6 Å². The number of carboxylic acids is 1. The fraction of sp³-hybridized carbons (Fsp3) is 0.529. The van der Waals surface area contributed by atoms with E-state index < -0.39 is 11.4 Å². The molecule has 22 heavy (non-hydrogen) atoms. The van der Waals surface area contributed by atoms with Crippen LogP contribution < -0.4 is 0 Å². The van der Waals surface area contributed by atoms with Gasteiger partial charge in [-0.1, -0.05) is 24.3 Å². The molecule has 1 aliphatic rings. The van der Waals surface area contributed by atoms with Crippen molar-refractivity contribution < 1.29 is 24.2 Å². The Bertz CT molecular complexity index is 550. The van der Waals surface area contributed by atoms with Crippen molar-refractivity contribution in [3.8, 4) is 0 Å². The van der Waals surface area contributed by atoms with Gasteiger partial charge in [-0.05, 0) is 36.8 Å². The third-order valence-electron chi connectivity index (χ3n) is 4.18. The SMILES string of the molecule is CC(=O)OCc1ccccc1COCC(C)(C(=O)O)C1CC1. The van der Waals surface area contributed by atoms with Crippen LogP contribution in [0.2, 0.25) is 0 Å². The van der Waals surface area contributed by atoms with Gasteiger partial charge in [0.25, 0.3) is 0 Å². The summed E-state index contributed by atoms with van der Waals surface area (Å²) in [5, 5.41) is 9.40. The maximum Gasteiger partial charge on any atom is 0.311 e. The van der Waals surface area contributed by atoms with Crippen LogP contribution in [0.4, 0.5) is 0 Å². The van der Waals surface area contributed by atoms with Gasteiger partial charge in [-0.25, -0.2) is 0 Å². The third-order valence-corrected chi connectivity index (χ3v) is 4.18. The quantitative estimate of drug-likeness (QED) is 0.748. The average molecular weight is 306 g/mol. The zero-order valence-corrected chi connectivity index (χ0v) is 13.0. The molecule has 0 saturated heterocycles. The molecule has 0 radical (unpaired) electrons. The average Bonchev–Trinajstić information content (AvgIpc) is 3.30. The molecule has 0 aromatic heterocycles. The zero-order chi connectivity index (χ0) is 16.2. The minimum absolute atomic E-state index is 0.189. The second-order valence-electron chi connectivity index (χ2n) is 6.04. The Labute approximate surface area is 130 Å². The Morgan fingerprint density at radius 3 is 2.32 bits per heavy atom. The van der Waals surface area contributed by atoms with Crippen molar-refractivity contribution in [3.05, 3.63) is 35.4 Å². The number of carbonyl (C=O) groups is 2. The van der Waals surface area contributed by atoms with Crippen molar-refractivity contribution in [1.82, 2.24) is 0 Å². The molecule has 1 aliphatic carbocycles. The van der Waals surface area contributed by atoms with E-state index >= 15 is 0 Å². The highest BCUT2D eigenvalue weighted by molar-refractivity contribution is 5.75. The number of esters is 1. The van der Waals surface area contributed by atoms with E-state index in [0.29, 0.717) is 6.61 Å². The molecule has 1 fully saturated rings. The van der Waals surface area contributed by atoms with E-state index in [-0.39, 0.29) is 25.1 Å². The molecule has 120 valence electrons. The maximum absolute atomic E-state index is 11.5. The Morgan fingerprint density at radius 2 is 1.82 bits per heavy atom. The highest BCUT2D eigenvalue weighted by Gasteiger charge is 2.47. The molecule has 0 heterocycles. The Morgan fingerprint density at radius 1 is 1.23 bits per heavy atom. The molecular formula is C17H22O5. The van der Waals surface area contributed by atoms with E-state index in [2.05, 4.69) is 0 Å². The predicted octanol–water partition coefficient (Wildman–Crippen LogP) is 2.77.